The molecule has 3 atom stereocenters. The molecule has 0 radical (unpaired) electrons. The van der Waals surface area contributed by atoms with Gasteiger partial charge in [0.15, 0.2) is 0 Å². The van der Waals surface area contributed by atoms with Gasteiger partial charge >= 0.3 is 0 Å². The Morgan fingerprint density at radius 3 is 1.67 bits per heavy atom. The number of rotatable bonds is 33. The van der Waals surface area contributed by atoms with Gasteiger partial charge in [0.2, 0.25) is 5.91 Å². The molecule has 0 aromatic rings. The fraction of sp³-hybridized carbons (Fsp3) is 0.917. The second kappa shape index (κ2) is 29.4. The zero-order valence-corrected chi connectivity index (χ0v) is 31.0. The molecule has 0 heterocycles. The van der Waals surface area contributed by atoms with Crippen LogP contribution in [0.2, 0.25) is 0 Å². The highest BCUT2D eigenvalue weighted by Crippen LogP contribution is 2.38. The molecule has 0 aromatic carbocycles. The minimum atomic E-state index is -4.57. The normalized spacial score (nSPS) is 14.9. The number of phosphoric acid groups is 1. The van der Waals surface area contributed by atoms with E-state index in [-0.39, 0.29) is 19.1 Å². The lowest BCUT2D eigenvalue weighted by Crippen LogP contribution is -2.45. The number of phosphoric ester groups is 1. The van der Waals surface area contributed by atoms with Crippen molar-refractivity contribution in [2.24, 2.45) is 0 Å². The monoisotopic (exact) mass is 661 g/mol. The van der Waals surface area contributed by atoms with Crippen molar-refractivity contribution in [1.82, 2.24) is 5.32 Å². The molecular weight excluding hydrogens is 587 g/mol. The number of aliphatic hydroxyl groups is 1. The van der Waals surface area contributed by atoms with Gasteiger partial charge in [-0.15, -0.1) is 0 Å². The molecule has 0 rings (SSSR count). The number of nitrogens with zero attached hydrogens (tertiary/aromatic N) is 1. The van der Waals surface area contributed by atoms with Crippen molar-refractivity contribution in [3.63, 3.8) is 0 Å². The number of likely N-dealkylation sites (N-methyl/N-ethyl adjacent to an activating group) is 1. The third-order valence-corrected chi connectivity index (χ3v) is 9.21. The first-order valence-corrected chi connectivity index (χ1v) is 20.0. The quantitative estimate of drug-likeness (QED) is 0.0316. The summed E-state index contributed by atoms with van der Waals surface area (Å²) < 4.78 is 23.0. The number of carbonyl (C=O) groups is 1. The van der Waals surface area contributed by atoms with Gasteiger partial charge in [-0.3, -0.25) is 9.36 Å². The first kappa shape index (κ1) is 44.2. The lowest BCUT2D eigenvalue weighted by molar-refractivity contribution is -0.870. The Morgan fingerprint density at radius 1 is 0.756 bits per heavy atom. The summed E-state index contributed by atoms with van der Waals surface area (Å²) in [7, 11) is 1.26. The topological polar surface area (TPSA) is 108 Å². The summed E-state index contributed by atoms with van der Waals surface area (Å²) in [6.07, 6.45) is 29.8. The van der Waals surface area contributed by atoms with Crippen molar-refractivity contribution < 1.29 is 32.9 Å². The van der Waals surface area contributed by atoms with Crippen LogP contribution in [0.3, 0.4) is 0 Å². The molecule has 2 N–H and O–H groups in total. The minimum absolute atomic E-state index is 0.00120. The summed E-state index contributed by atoms with van der Waals surface area (Å²) in [5.41, 5.74) is 0. The minimum Gasteiger partial charge on any atom is -0.756 e. The standard InChI is InChI=1S/C36H73N2O6P/c1-6-8-10-12-14-15-16-17-18-19-20-21-22-24-25-27-29-35(39)34(33-44-45(41,42)43-32-31-38(3,4)5)37-36(40)30-28-26-23-13-11-9-7-2/h27,29,34-35,39H,6-26,28,30-33H2,1-5H3,(H-,37,40,41,42)/b29-27+. The molecule has 0 spiro atoms. The van der Waals surface area contributed by atoms with E-state index in [4.69, 9.17) is 9.05 Å². The van der Waals surface area contributed by atoms with Crippen LogP contribution < -0.4 is 10.2 Å². The Balaban J connectivity index is 4.46. The van der Waals surface area contributed by atoms with Crippen LogP contribution >= 0.6 is 7.82 Å². The fourth-order valence-corrected chi connectivity index (χ4v) is 5.93. The Labute approximate surface area is 278 Å². The van der Waals surface area contributed by atoms with E-state index in [1.807, 2.05) is 27.2 Å². The smallest absolute Gasteiger partial charge is 0.268 e. The van der Waals surface area contributed by atoms with Gasteiger partial charge < -0.3 is 28.8 Å². The van der Waals surface area contributed by atoms with Gasteiger partial charge in [-0.1, -0.05) is 148 Å². The lowest BCUT2D eigenvalue weighted by Gasteiger charge is -2.29. The largest absolute Gasteiger partial charge is 0.756 e. The van der Waals surface area contributed by atoms with Crippen molar-refractivity contribution in [2.45, 2.75) is 174 Å². The molecule has 45 heavy (non-hydrogen) atoms. The van der Waals surface area contributed by atoms with Crippen molar-refractivity contribution in [2.75, 3.05) is 40.9 Å². The molecular formula is C36H73N2O6P. The zero-order valence-electron chi connectivity index (χ0n) is 30.1. The highest BCUT2D eigenvalue weighted by Gasteiger charge is 2.23. The van der Waals surface area contributed by atoms with Gasteiger partial charge in [-0.25, -0.2) is 0 Å². The maximum absolute atomic E-state index is 12.6. The number of amides is 1. The Morgan fingerprint density at radius 2 is 1.20 bits per heavy atom. The van der Waals surface area contributed by atoms with Crippen molar-refractivity contribution in [3.8, 4) is 0 Å². The molecule has 0 aromatic heterocycles. The Bertz CT molecular complexity index is 758. The van der Waals surface area contributed by atoms with Gasteiger partial charge in [0.25, 0.3) is 7.82 Å². The van der Waals surface area contributed by atoms with E-state index in [0.717, 1.165) is 38.5 Å². The number of allylic oxidation sites excluding steroid dienone is 1. The van der Waals surface area contributed by atoms with E-state index >= 15 is 0 Å². The predicted octanol–water partition coefficient (Wildman–Crippen LogP) is 8.61. The number of aliphatic hydroxyl groups excluding tert-OH is 1. The van der Waals surface area contributed by atoms with E-state index in [2.05, 4.69) is 19.2 Å². The molecule has 0 aliphatic rings. The van der Waals surface area contributed by atoms with Crippen LogP contribution in [-0.4, -0.2) is 68.5 Å². The lowest BCUT2D eigenvalue weighted by atomic mass is 10.0. The number of hydrogen-bond donors (Lipinski definition) is 2. The molecule has 0 bridgehead atoms. The van der Waals surface area contributed by atoms with Crippen LogP contribution in [-0.2, 0) is 18.4 Å². The number of unbranched alkanes of at least 4 members (excludes halogenated alkanes) is 20. The van der Waals surface area contributed by atoms with E-state index < -0.39 is 20.0 Å². The second-order valence-electron chi connectivity index (χ2n) is 13.9. The van der Waals surface area contributed by atoms with Crippen molar-refractivity contribution >= 4 is 13.7 Å². The molecule has 268 valence electrons. The SMILES string of the molecule is CCCCCCCCCCCCCCCC/C=C/C(O)C(COP(=O)([O-])OCC[N+](C)(C)C)NC(=O)CCCCCCCCC. The summed E-state index contributed by atoms with van der Waals surface area (Å²) in [6.45, 7) is 4.58. The zero-order chi connectivity index (χ0) is 33.7. The predicted molar refractivity (Wildman–Crippen MR) is 187 cm³/mol. The molecule has 1 amide bonds. The summed E-state index contributed by atoms with van der Waals surface area (Å²) in [5, 5.41) is 13.6. The second-order valence-corrected chi connectivity index (χ2v) is 15.3. The highest BCUT2D eigenvalue weighted by atomic mass is 31.2. The maximum Gasteiger partial charge on any atom is 0.268 e. The van der Waals surface area contributed by atoms with Crippen molar-refractivity contribution in [3.05, 3.63) is 12.2 Å². The molecule has 0 saturated carbocycles. The summed E-state index contributed by atoms with van der Waals surface area (Å²) in [4.78, 5) is 25.0. The van der Waals surface area contributed by atoms with Crippen LogP contribution in [0.5, 0.6) is 0 Å². The highest BCUT2D eigenvalue weighted by molar-refractivity contribution is 7.45. The van der Waals surface area contributed by atoms with Crippen LogP contribution in [0, 0.1) is 0 Å². The van der Waals surface area contributed by atoms with Gasteiger partial charge in [0.05, 0.1) is 39.9 Å². The van der Waals surface area contributed by atoms with Crippen LogP contribution in [0.1, 0.15) is 162 Å². The molecule has 9 heteroatoms. The number of hydrogen-bond acceptors (Lipinski definition) is 6. The molecule has 0 aliphatic carbocycles. The fourth-order valence-electron chi connectivity index (χ4n) is 5.21. The van der Waals surface area contributed by atoms with E-state index in [0.29, 0.717) is 17.4 Å². The molecule has 0 aliphatic heterocycles. The van der Waals surface area contributed by atoms with Gasteiger partial charge in [-0.05, 0) is 19.3 Å². The average molecular weight is 661 g/mol. The van der Waals surface area contributed by atoms with E-state index in [9.17, 15) is 19.4 Å². The summed E-state index contributed by atoms with van der Waals surface area (Å²) in [6, 6.07) is -0.876. The van der Waals surface area contributed by atoms with E-state index in [1.165, 1.54) is 103 Å². The summed E-state index contributed by atoms with van der Waals surface area (Å²) >= 11 is 0. The Kier molecular flexibility index (Phi) is 28.9. The van der Waals surface area contributed by atoms with E-state index in [1.54, 1.807) is 6.08 Å². The Hall–Kier alpha value is -0.760. The van der Waals surface area contributed by atoms with Crippen LogP contribution in [0.15, 0.2) is 12.2 Å². The first-order chi connectivity index (χ1) is 21.5. The third-order valence-electron chi connectivity index (χ3n) is 8.25. The number of nitrogens with one attached hydrogen (secondary N) is 1. The number of carbonyl (C=O) groups excluding carboxylic acids is 1. The number of quaternary nitrogens is 1. The molecule has 0 fully saturated rings. The van der Waals surface area contributed by atoms with Gasteiger partial charge in [-0.2, -0.15) is 0 Å². The van der Waals surface area contributed by atoms with Crippen molar-refractivity contribution in [1.29, 1.82) is 0 Å². The molecule has 3 unspecified atom stereocenters. The summed E-state index contributed by atoms with van der Waals surface area (Å²) in [5.74, 6) is -0.205. The van der Waals surface area contributed by atoms with Gasteiger partial charge in [0, 0.05) is 6.42 Å². The first-order valence-electron chi connectivity index (χ1n) is 18.6. The maximum atomic E-state index is 12.6. The van der Waals surface area contributed by atoms with Gasteiger partial charge in [0.1, 0.15) is 13.2 Å². The molecule has 8 nitrogen and oxygen atoms in total. The van der Waals surface area contributed by atoms with Crippen LogP contribution in [0.25, 0.3) is 0 Å². The van der Waals surface area contributed by atoms with Crippen LogP contribution in [0.4, 0.5) is 0 Å². The third kappa shape index (κ3) is 31.6. The average Bonchev–Trinajstić information content (AvgIpc) is 2.97. The molecule has 0 saturated heterocycles.